The zero-order valence-electron chi connectivity index (χ0n) is 11.0. The van der Waals surface area contributed by atoms with E-state index in [1.165, 1.54) is 0 Å². The van der Waals surface area contributed by atoms with E-state index >= 15 is 0 Å². The molecule has 0 aliphatic carbocycles. The first kappa shape index (κ1) is 13.6. The minimum absolute atomic E-state index is 0.0993. The highest BCUT2D eigenvalue weighted by atomic mass is 16.6. The summed E-state index contributed by atoms with van der Waals surface area (Å²) in [6.07, 6.45) is 2.40. The Bertz CT molecular complexity index is 419. The van der Waals surface area contributed by atoms with E-state index in [4.69, 9.17) is 9.47 Å². The van der Waals surface area contributed by atoms with Gasteiger partial charge in [0.05, 0.1) is 19.3 Å². The van der Waals surface area contributed by atoms with Crippen molar-refractivity contribution in [2.24, 2.45) is 0 Å². The number of hydrogen-bond acceptors (Lipinski definition) is 3. The first-order valence-corrected chi connectivity index (χ1v) is 6.47. The molecule has 102 valence electrons. The average molecular weight is 261 g/mol. The zero-order chi connectivity index (χ0) is 13.5. The fourth-order valence-electron chi connectivity index (χ4n) is 2.04. The van der Waals surface area contributed by atoms with Crippen molar-refractivity contribution in [3.05, 3.63) is 48.6 Å². The van der Waals surface area contributed by atoms with Crippen molar-refractivity contribution in [3.63, 3.8) is 0 Å². The molecule has 1 heterocycles. The van der Waals surface area contributed by atoms with Gasteiger partial charge in [0.25, 0.3) is 0 Å². The summed E-state index contributed by atoms with van der Waals surface area (Å²) in [5.74, 6) is 0. The van der Waals surface area contributed by atoms with Gasteiger partial charge in [0.2, 0.25) is 0 Å². The lowest BCUT2D eigenvalue weighted by molar-refractivity contribution is 0.0699. The normalized spacial score (nSPS) is 18.3. The summed E-state index contributed by atoms with van der Waals surface area (Å²) < 4.78 is 10.8. The summed E-state index contributed by atoms with van der Waals surface area (Å²) in [5.41, 5.74) is 0.995. The molecule has 2 rings (SSSR count). The fraction of sp³-hybridized carbons (Fsp3) is 0.400. The van der Waals surface area contributed by atoms with E-state index in [0.29, 0.717) is 26.3 Å². The van der Waals surface area contributed by atoms with Crippen LogP contribution in [0.3, 0.4) is 0 Å². The standard InChI is InChI=1S/C15H19NO3/c1-2-10-18-14-8-9-16(11-14)15(17)19-12-13-6-4-3-5-7-13/h2-7,14H,1,8-12H2. The summed E-state index contributed by atoms with van der Waals surface area (Å²) in [7, 11) is 0. The van der Waals surface area contributed by atoms with Crippen molar-refractivity contribution in [3.8, 4) is 0 Å². The Kier molecular flexibility index (Phi) is 4.98. The van der Waals surface area contributed by atoms with Crippen LogP contribution in [-0.2, 0) is 16.1 Å². The average Bonchev–Trinajstić information content (AvgIpc) is 2.92. The third-order valence-electron chi connectivity index (χ3n) is 3.06. The van der Waals surface area contributed by atoms with Gasteiger partial charge in [-0.15, -0.1) is 6.58 Å². The van der Waals surface area contributed by atoms with Crippen molar-refractivity contribution in [2.45, 2.75) is 19.1 Å². The Labute approximate surface area is 113 Å². The molecule has 1 aromatic carbocycles. The molecule has 0 radical (unpaired) electrons. The lowest BCUT2D eigenvalue weighted by Gasteiger charge is -2.16. The van der Waals surface area contributed by atoms with Crippen molar-refractivity contribution in [1.82, 2.24) is 4.90 Å². The SMILES string of the molecule is C=CCOC1CCN(C(=O)OCc2ccccc2)C1. The largest absolute Gasteiger partial charge is 0.445 e. The summed E-state index contributed by atoms with van der Waals surface area (Å²) in [6, 6.07) is 9.67. The number of carbonyl (C=O) groups is 1. The first-order valence-electron chi connectivity index (χ1n) is 6.47. The minimum atomic E-state index is -0.270. The van der Waals surface area contributed by atoms with E-state index in [1.54, 1.807) is 11.0 Å². The molecule has 4 heteroatoms. The number of amides is 1. The fourth-order valence-corrected chi connectivity index (χ4v) is 2.04. The predicted molar refractivity (Wildman–Crippen MR) is 72.8 cm³/mol. The van der Waals surface area contributed by atoms with Gasteiger partial charge in [-0.1, -0.05) is 36.4 Å². The molecule has 0 spiro atoms. The highest BCUT2D eigenvalue weighted by Gasteiger charge is 2.27. The van der Waals surface area contributed by atoms with Gasteiger partial charge in [-0.25, -0.2) is 4.79 Å². The van der Waals surface area contributed by atoms with Crippen LogP contribution in [-0.4, -0.2) is 36.8 Å². The maximum Gasteiger partial charge on any atom is 0.410 e. The third-order valence-corrected chi connectivity index (χ3v) is 3.06. The number of benzene rings is 1. The second kappa shape index (κ2) is 6.95. The zero-order valence-corrected chi connectivity index (χ0v) is 11.0. The third kappa shape index (κ3) is 4.10. The quantitative estimate of drug-likeness (QED) is 0.765. The summed E-state index contributed by atoms with van der Waals surface area (Å²) >= 11 is 0. The van der Waals surface area contributed by atoms with Crippen LogP contribution in [0, 0.1) is 0 Å². The van der Waals surface area contributed by atoms with Gasteiger partial charge in [-0.2, -0.15) is 0 Å². The molecule has 1 aromatic rings. The summed E-state index contributed by atoms with van der Waals surface area (Å²) in [5, 5.41) is 0. The van der Waals surface area contributed by atoms with Gasteiger partial charge >= 0.3 is 6.09 Å². The Morgan fingerprint density at radius 1 is 1.42 bits per heavy atom. The molecule has 1 atom stereocenters. The molecular formula is C15H19NO3. The highest BCUT2D eigenvalue weighted by Crippen LogP contribution is 2.14. The van der Waals surface area contributed by atoms with Gasteiger partial charge in [0.1, 0.15) is 6.61 Å². The van der Waals surface area contributed by atoms with Crippen molar-refractivity contribution >= 4 is 6.09 Å². The van der Waals surface area contributed by atoms with E-state index in [9.17, 15) is 4.79 Å². The second-order valence-corrected chi connectivity index (χ2v) is 4.52. The number of ether oxygens (including phenoxy) is 2. The maximum atomic E-state index is 11.9. The lowest BCUT2D eigenvalue weighted by Crippen LogP contribution is -2.30. The van der Waals surface area contributed by atoms with Crippen LogP contribution < -0.4 is 0 Å². The van der Waals surface area contributed by atoms with E-state index in [-0.39, 0.29) is 12.2 Å². The number of carbonyl (C=O) groups excluding carboxylic acids is 1. The maximum absolute atomic E-state index is 11.9. The molecule has 0 bridgehead atoms. The van der Waals surface area contributed by atoms with Crippen LogP contribution in [0.5, 0.6) is 0 Å². The number of nitrogens with zero attached hydrogens (tertiary/aromatic N) is 1. The smallest absolute Gasteiger partial charge is 0.410 e. The molecule has 0 N–H and O–H groups in total. The Morgan fingerprint density at radius 2 is 2.21 bits per heavy atom. The van der Waals surface area contributed by atoms with E-state index in [0.717, 1.165) is 12.0 Å². The van der Waals surface area contributed by atoms with Crippen LogP contribution in [0.25, 0.3) is 0 Å². The van der Waals surface area contributed by atoms with E-state index in [2.05, 4.69) is 6.58 Å². The number of likely N-dealkylation sites (tertiary alicyclic amines) is 1. The summed E-state index contributed by atoms with van der Waals surface area (Å²) in [6.45, 7) is 5.74. The van der Waals surface area contributed by atoms with Gasteiger partial charge in [-0.3, -0.25) is 0 Å². The molecule has 0 aromatic heterocycles. The van der Waals surface area contributed by atoms with Crippen LogP contribution >= 0.6 is 0 Å². The predicted octanol–water partition coefficient (Wildman–Crippen LogP) is 2.60. The Hall–Kier alpha value is -1.81. The Morgan fingerprint density at radius 3 is 2.95 bits per heavy atom. The second-order valence-electron chi connectivity index (χ2n) is 4.52. The molecular weight excluding hydrogens is 242 g/mol. The van der Waals surface area contributed by atoms with Gasteiger partial charge < -0.3 is 14.4 Å². The Balaban J connectivity index is 1.74. The van der Waals surface area contributed by atoms with Crippen LogP contribution in [0.15, 0.2) is 43.0 Å². The molecule has 0 saturated carbocycles. The van der Waals surface area contributed by atoms with E-state index < -0.39 is 0 Å². The minimum Gasteiger partial charge on any atom is -0.445 e. The highest BCUT2D eigenvalue weighted by molar-refractivity contribution is 5.68. The van der Waals surface area contributed by atoms with Crippen molar-refractivity contribution in [1.29, 1.82) is 0 Å². The van der Waals surface area contributed by atoms with Crippen LogP contribution in [0.1, 0.15) is 12.0 Å². The van der Waals surface area contributed by atoms with Crippen LogP contribution in [0.2, 0.25) is 0 Å². The topological polar surface area (TPSA) is 38.8 Å². The first-order chi connectivity index (χ1) is 9.29. The molecule has 1 saturated heterocycles. The van der Waals surface area contributed by atoms with Crippen molar-refractivity contribution < 1.29 is 14.3 Å². The van der Waals surface area contributed by atoms with Gasteiger partial charge in [-0.05, 0) is 12.0 Å². The van der Waals surface area contributed by atoms with Crippen molar-refractivity contribution in [2.75, 3.05) is 19.7 Å². The number of rotatable bonds is 5. The molecule has 1 aliphatic heterocycles. The molecule has 1 fully saturated rings. The molecule has 1 amide bonds. The molecule has 19 heavy (non-hydrogen) atoms. The van der Waals surface area contributed by atoms with Gasteiger partial charge in [0, 0.05) is 6.54 Å². The summed E-state index contributed by atoms with van der Waals surface area (Å²) in [4.78, 5) is 13.6. The van der Waals surface area contributed by atoms with Crippen LogP contribution in [0.4, 0.5) is 4.79 Å². The molecule has 1 unspecified atom stereocenters. The number of hydrogen-bond donors (Lipinski definition) is 0. The lowest BCUT2D eigenvalue weighted by atomic mass is 10.2. The monoisotopic (exact) mass is 261 g/mol. The molecule has 1 aliphatic rings. The van der Waals surface area contributed by atoms with Gasteiger partial charge in [0.15, 0.2) is 0 Å². The molecule has 4 nitrogen and oxygen atoms in total. The van der Waals surface area contributed by atoms with E-state index in [1.807, 2.05) is 30.3 Å².